The van der Waals surface area contributed by atoms with Gasteiger partial charge in [-0.25, -0.2) is 0 Å². The molecule has 1 aromatic rings. The molecule has 1 aromatic carbocycles. The number of rotatable bonds is 0. The minimum absolute atomic E-state index is 0.180. The van der Waals surface area contributed by atoms with E-state index in [0.717, 1.165) is 18.5 Å². The van der Waals surface area contributed by atoms with Crippen LogP contribution in [0, 0.1) is 6.92 Å². The molecule has 0 unspecified atom stereocenters. The number of hydrogen-bond acceptors (Lipinski definition) is 1. The zero-order valence-corrected chi connectivity index (χ0v) is 8.97. The Hall–Kier alpha value is -1.31. The van der Waals surface area contributed by atoms with Crippen molar-refractivity contribution in [2.45, 2.75) is 38.0 Å². The number of amides is 1. The Kier molecular flexibility index (Phi) is 1.70. The molecule has 0 aromatic heterocycles. The van der Waals surface area contributed by atoms with Crippen molar-refractivity contribution in [3.05, 3.63) is 29.3 Å². The maximum absolute atomic E-state index is 12.1. The summed E-state index contributed by atoms with van der Waals surface area (Å²) in [4.78, 5) is 12.1. The Morgan fingerprint density at radius 2 is 2.00 bits per heavy atom. The van der Waals surface area contributed by atoms with Gasteiger partial charge in [-0.3, -0.25) is 4.79 Å². The van der Waals surface area contributed by atoms with Crippen LogP contribution in [0.3, 0.4) is 0 Å². The Morgan fingerprint density at radius 3 is 2.73 bits per heavy atom. The fraction of sp³-hybridized carbons (Fsp3) is 0.462. The van der Waals surface area contributed by atoms with Crippen molar-refractivity contribution < 1.29 is 4.79 Å². The van der Waals surface area contributed by atoms with Gasteiger partial charge in [-0.15, -0.1) is 0 Å². The summed E-state index contributed by atoms with van der Waals surface area (Å²) in [6, 6.07) is 6.15. The minimum atomic E-state index is -0.180. The number of aryl methyl sites for hydroxylation is 1. The highest BCUT2D eigenvalue weighted by Crippen LogP contribution is 2.49. The van der Waals surface area contributed by atoms with Gasteiger partial charge in [0, 0.05) is 5.69 Å². The quantitative estimate of drug-likeness (QED) is 0.687. The molecule has 1 fully saturated rings. The van der Waals surface area contributed by atoms with Gasteiger partial charge in [0.1, 0.15) is 0 Å². The van der Waals surface area contributed by atoms with E-state index in [4.69, 9.17) is 0 Å². The van der Waals surface area contributed by atoms with Gasteiger partial charge in [-0.2, -0.15) is 0 Å². The van der Waals surface area contributed by atoms with E-state index >= 15 is 0 Å². The van der Waals surface area contributed by atoms with E-state index in [1.54, 1.807) is 0 Å². The van der Waals surface area contributed by atoms with Crippen LogP contribution in [0.1, 0.15) is 36.8 Å². The van der Waals surface area contributed by atoms with Gasteiger partial charge in [0.15, 0.2) is 0 Å². The lowest BCUT2D eigenvalue weighted by atomic mass is 9.78. The Balaban J connectivity index is 2.24. The molecule has 78 valence electrons. The lowest BCUT2D eigenvalue weighted by Gasteiger charge is -2.22. The fourth-order valence-electron chi connectivity index (χ4n) is 3.22. The molecule has 0 atom stereocenters. The van der Waals surface area contributed by atoms with E-state index in [1.807, 2.05) is 12.1 Å². The summed E-state index contributed by atoms with van der Waals surface area (Å²) in [7, 11) is 0. The molecule has 0 saturated heterocycles. The molecule has 1 heterocycles. The molecule has 0 radical (unpaired) electrons. The third-order valence-corrected chi connectivity index (χ3v) is 3.89. The van der Waals surface area contributed by atoms with Gasteiger partial charge in [0.25, 0.3) is 0 Å². The summed E-state index contributed by atoms with van der Waals surface area (Å²) in [6.07, 6.45) is 4.41. The zero-order valence-electron chi connectivity index (χ0n) is 8.97. The average Bonchev–Trinajstić information content (AvgIpc) is 2.77. The molecule has 15 heavy (non-hydrogen) atoms. The van der Waals surface area contributed by atoms with E-state index in [2.05, 4.69) is 18.3 Å². The van der Waals surface area contributed by atoms with E-state index < -0.39 is 0 Å². The van der Waals surface area contributed by atoms with Crippen LogP contribution in [0.25, 0.3) is 0 Å². The molecule has 0 bridgehead atoms. The van der Waals surface area contributed by atoms with Gasteiger partial charge in [0.2, 0.25) is 5.91 Å². The van der Waals surface area contributed by atoms with E-state index in [9.17, 15) is 4.79 Å². The van der Waals surface area contributed by atoms with Crippen molar-refractivity contribution in [3.8, 4) is 0 Å². The second kappa shape index (κ2) is 2.84. The number of carbonyl (C=O) groups is 1. The SMILES string of the molecule is Cc1cccc2c1C1(CCCC1)C(=O)N2. The Labute approximate surface area is 89.7 Å². The molecule has 1 N–H and O–H groups in total. The molecule has 1 aliphatic heterocycles. The summed E-state index contributed by atoms with van der Waals surface area (Å²) in [5, 5.41) is 3.03. The second-order valence-corrected chi connectivity index (χ2v) is 4.74. The first kappa shape index (κ1) is 8.96. The lowest BCUT2D eigenvalue weighted by molar-refractivity contribution is -0.120. The van der Waals surface area contributed by atoms with Crippen molar-refractivity contribution in [1.29, 1.82) is 0 Å². The molecule has 3 rings (SSSR count). The first-order chi connectivity index (χ1) is 7.24. The van der Waals surface area contributed by atoms with Gasteiger partial charge in [0.05, 0.1) is 5.41 Å². The van der Waals surface area contributed by atoms with Crippen molar-refractivity contribution in [3.63, 3.8) is 0 Å². The van der Waals surface area contributed by atoms with Crippen molar-refractivity contribution in [2.75, 3.05) is 5.32 Å². The maximum Gasteiger partial charge on any atom is 0.235 e. The molecule has 2 heteroatoms. The van der Waals surface area contributed by atoms with Crippen molar-refractivity contribution >= 4 is 11.6 Å². The predicted molar refractivity (Wildman–Crippen MR) is 60.0 cm³/mol. The standard InChI is InChI=1S/C13H15NO/c1-9-5-4-6-10-11(9)13(12(15)14-10)7-2-3-8-13/h4-6H,2-3,7-8H2,1H3,(H,14,15). The van der Waals surface area contributed by atoms with Gasteiger partial charge < -0.3 is 5.32 Å². The second-order valence-electron chi connectivity index (χ2n) is 4.74. The normalized spacial score (nSPS) is 21.8. The zero-order chi connectivity index (χ0) is 10.5. The summed E-state index contributed by atoms with van der Waals surface area (Å²) < 4.78 is 0. The minimum Gasteiger partial charge on any atom is -0.325 e. The van der Waals surface area contributed by atoms with Crippen LogP contribution in [0.2, 0.25) is 0 Å². The summed E-state index contributed by atoms with van der Waals surface area (Å²) in [5.74, 6) is 0.226. The van der Waals surface area contributed by atoms with Gasteiger partial charge >= 0.3 is 0 Å². The van der Waals surface area contributed by atoms with Crippen LogP contribution in [0.5, 0.6) is 0 Å². The van der Waals surface area contributed by atoms with E-state index in [-0.39, 0.29) is 11.3 Å². The number of benzene rings is 1. The molecular formula is C13H15NO. The molecule has 1 saturated carbocycles. The largest absolute Gasteiger partial charge is 0.325 e. The highest BCUT2D eigenvalue weighted by atomic mass is 16.2. The van der Waals surface area contributed by atoms with Gasteiger partial charge in [-0.05, 0) is 37.0 Å². The molecular weight excluding hydrogens is 186 g/mol. The number of hydrogen-bond donors (Lipinski definition) is 1. The van der Waals surface area contributed by atoms with Crippen LogP contribution >= 0.6 is 0 Å². The van der Waals surface area contributed by atoms with Crippen LogP contribution in [0.15, 0.2) is 18.2 Å². The number of anilines is 1. The van der Waals surface area contributed by atoms with E-state index in [0.29, 0.717) is 0 Å². The predicted octanol–water partition coefficient (Wildman–Crippen LogP) is 2.76. The van der Waals surface area contributed by atoms with Crippen LogP contribution in [0.4, 0.5) is 5.69 Å². The smallest absolute Gasteiger partial charge is 0.235 e. The summed E-state index contributed by atoms with van der Waals surface area (Å²) in [6.45, 7) is 2.11. The average molecular weight is 201 g/mol. The molecule has 1 amide bonds. The maximum atomic E-state index is 12.1. The van der Waals surface area contributed by atoms with Crippen molar-refractivity contribution in [2.24, 2.45) is 0 Å². The lowest BCUT2D eigenvalue weighted by Crippen LogP contribution is -2.31. The Bertz CT molecular complexity index is 430. The fourth-order valence-corrected chi connectivity index (χ4v) is 3.22. The highest BCUT2D eigenvalue weighted by Gasteiger charge is 2.48. The topological polar surface area (TPSA) is 29.1 Å². The highest BCUT2D eigenvalue weighted by molar-refractivity contribution is 6.06. The number of nitrogens with one attached hydrogen (secondary N) is 1. The number of fused-ring (bicyclic) bond motifs is 2. The third kappa shape index (κ3) is 1.02. The first-order valence-corrected chi connectivity index (χ1v) is 5.66. The molecule has 1 aliphatic carbocycles. The summed E-state index contributed by atoms with van der Waals surface area (Å²) >= 11 is 0. The summed E-state index contributed by atoms with van der Waals surface area (Å²) in [5.41, 5.74) is 3.39. The van der Waals surface area contributed by atoms with Crippen molar-refractivity contribution in [1.82, 2.24) is 0 Å². The van der Waals surface area contributed by atoms with E-state index in [1.165, 1.54) is 24.0 Å². The third-order valence-electron chi connectivity index (χ3n) is 3.89. The van der Waals surface area contributed by atoms with Crippen LogP contribution in [-0.2, 0) is 10.2 Å². The van der Waals surface area contributed by atoms with Crippen LogP contribution < -0.4 is 5.32 Å². The molecule has 1 spiro atoms. The van der Waals surface area contributed by atoms with Gasteiger partial charge in [-0.1, -0.05) is 25.0 Å². The first-order valence-electron chi connectivity index (χ1n) is 5.66. The molecule has 2 nitrogen and oxygen atoms in total. The Morgan fingerprint density at radius 1 is 1.27 bits per heavy atom. The molecule has 2 aliphatic rings. The number of carbonyl (C=O) groups excluding carboxylic acids is 1. The monoisotopic (exact) mass is 201 g/mol. The van der Waals surface area contributed by atoms with Crippen LogP contribution in [-0.4, -0.2) is 5.91 Å².